The Morgan fingerprint density at radius 1 is 1.53 bits per heavy atom. The number of halogens is 2. The Labute approximate surface area is 112 Å². The third kappa shape index (κ3) is 4.36. The van der Waals surface area contributed by atoms with Gasteiger partial charge in [-0.25, -0.2) is 4.79 Å². The Hall–Kier alpha value is -1.07. The van der Waals surface area contributed by atoms with E-state index in [9.17, 15) is 9.59 Å². The number of benzene rings is 1. The molecule has 0 aromatic heterocycles. The number of alkyl halides is 1. The second-order valence-corrected chi connectivity index (χ2v) is 4.45. The number of amides is 1. The molecule has 0 fully saturated rings. The van der Waals surface area contributed by atoms with Gasteiger partial charge in [0.2, 0.25) is 5.50 Å². The largest absolute Gasteiger partial charge is 0.464 e. The van der Waals surface area contributed by atoms with E-state index >= 15 is 0 Å². The zero-order valence-electron chi connectivity index (χ0n) is 9.07. The highest BCUT2D eigenvalue weighted by atomic mass is 79.9. The fourth-order valence-corrected chi connectivity index (χ4v) is 1.66. The number of ether oxygens (including phenoxy) is 1. The number of nitrogens with one attached hydrogen (secondary N) is 1. The second kappa shape index (κ2) is 6.61. The van der Waals surface area contributed by atoms with Crippen LogP contribution in [0.15, 0.2) is 28.7 Å². The molecule has 0 spiro atoms. The zero-order chi connectivity index (χ0) is 12.8. The summed E-state index contributed by atoms with van der Waals surface area (Å²) in [7, 11) is 0. The van der Waals surface area contributed by atoms with E-state index in [1.54, 1.807) is 31.2 Å². The molecule has 1 aromatic rings. The quantitative estimate of drug-likeness (QED) is 0.526. The van der Waals surface area contributed by atoms with Crippen LogP contribution in [-0.2, 0) is 9.53 Å². The van der Waals surface area contributed by atoms with Crippen molar-refractivity contribution in [2.75, 3.05) is 6.61 Å². The Kier molecular flexibility index (Phi) is 5.44. The summed E-state index contributed by atoms with van der Waals surface area (Å²) in [6, 6.07) is 6.76. The van der Waals surface area contributed by atoms with Crippen molar-refractivity contribution in [3.8, 4) is 0 Å². The first-order chi connectivity index (χ1) is 8.04. The molecule has 0 aliphatic heterocycles. The van der Waals surface area contributed by atoms with Crippen molar-refractivity contribution < 1.29 is 14.3 Å². The fraction of sp³-hybridized carbons (Fsp3) is 0.273. The highest BCUT2D eigenvalue weighted by Gasteiger charge is 2.19. The first-order valence-electron chi connectivity index (χ1n) is 4.91. The summed E-state index contributed by atoms with van der Waals surface area (Å²) in [5.74, 6) is -1.10. The van der Waals surface area contributed by atoms with Crippen LogP contribution in [0.2, 0.25) is 0 Å². The van der Waals surface area contributed by atoms with Crippen molar-refractivity contribution in [3.63, 3.8) is 0 Å². The van der Waals surface area contributed by atoms with Gasteiger partial charge in [0.25, 0.3) is 5.91 Å². The van der Waals surface area contributed by atoms with Crippen molar-refractivity contribution in [1.82, 2.24) is 5.32 Å². The lowest BCUT2D eigenvalue weighted by molar-refractivity contribution is -0.143. The van der Waals surface area contributed by atoms with Crippen LogP contribution < -0.4 is 5.32 Å². The lowest BCUT2D eigenvalue weighted by atomic mass is 10.2. The Bertz CT molecular complexity index is 425. The molecule has 1 unspecified atom stereocenters. The molecule has 4 nitrogen and oxygen atoms in total. The van der Waals surface area contributed by atoms with Gasteiger partial charge in [-0.1, -0.05) is 33.6 Å². The summed E-state index contributed by atoms with van der Waals surface area (Å²) in [6.45, 7) is 1.88. The number of hydrogen-bond acceptors (Lipinski definition) is 3. The Balaban J connectivity index is 2.63. The first-order valence-corrected chi connectivity index (χ1v) is 6.14. The van der Waals surface area contributed by atoms with E-state index in [1.165, 1.54) is 0 Å². The van der Waals surface area contributed by atoms with Crippen LogP contribution in [0.1, 0.15) is 17.3 Å². The van der Waals surface area contributed by atoms with Gasteiger partial charge in [-0.3, -0.25) is 4.79 Å². The van der Waals surface area contributed by atoms with Gasteiger partial charge in [0.05, 0.1) is 6.61 Å². The minimum Gasteiger partial charge on any atom is -0.464 e. The molecule has 1 aromatic carbocycles. The van der Waals surface area contributed by atoms with Gasteiger partial charge in [0.15, 0.2) is 0 Å². The summed E-state index contributed by atoms with van der Waals surface area (Å²) >= 11 is 8.92. The van der Waals surface area contributed by atoms with E-state index in [4.69, 9.17) is 11.6 Å². The standard InChI is InChI=1S/C11H11BrClNO3/c1-2-17-11(16)9(13)14-10(15)7-4-3-5-8(12)6-7/h3-6,9H,2H2,1H3,(H,14,15). The Morgan fingerprint density at radius 2 is 2.24 bits per heavy atom. The molecule has 17 heavy (non-hydrogen) atoms. The van der Waals surface area contributed by atoms with E-state index in [1.807, 2.05) is 0 Å². The van der Waals surface area contributed by atoms with Crippen molar-refractivity contribution in [1.29, 1.82) is 0 Å². The third-order valence-electron chi connectivity index (χ3n) is 1.84. The van der Waals surface area contributed by atoms with Gasteiger partial charge < -0.3 is 10.1 Å². The van der Waals surface area contributed by atoms with E-state index in [0.29, 0.717) is 5.56 Å². The molecular weight excluding hydrogens is 309 g/mol. The molecular formula is C11H11BrClNO3. The van der Waals surface area contributed by atoms with Crippen LogP contribution in [0.5, 0.6) is 0 Å². The molecule has 0 saturated carbocycles. The maximum Gasteiger partial charge on any atom is 0.344 e. The molecule has 0 saturated heterocycles. The minimum atomic E-state index is -1.18. The van der Waals surface area contributed by atoms with Crippen molar-refractivity contribution in [2.24, 2.45) is 0 Å². The van der Waals surface area contributed by atoms with Gasteiger partial charge >= 0.3 is 5.97 Å². The molecule has 0 aliphatic carbocycles. The van der Waals surface area contributed by atoms with Crippen LogP contribution in [-0.4, -0.2) is 24.0 Å². The monoisotopic (exact) mass is 319 g/mol. The molecule has 1 amide bonds. The van der Waals surface area contributed by atoms with Gasteiger partial charge in [-0.2, -0.15) is 0 Å². The van der Waals surface area contributed by atoms with Crippen molar-refractivity contribution in [2.45, 2.75) is 12.4 Å². The van der Waals surface area contributed by atoms with Crippen LogP contribution >= 0.6 is 27.5 Å². The fourth-order valence-electron chi connectivity index (χ4n) is 1.10. The number of carbonyl (C=O) groups is 2. The number of carbonyl (C=O) groups excluding carboxylic acids is 2. The molecule has 1 rings (SSSR count). The van der Waals surface area contributed by atoms with E-state index < -0.39 is 17.4 Å². The predicted molar refractivity (Wildman–Crippen MR) is 67.9 cm³/mol. The van der Waals surface area contributed by atoms with Gasteiger partial charge in [0, 0.05) is 10.0 Å². The molecule has 6 heteroatoms. The third-order valence-corrected chi connectivity index (χ3v) is 2.62. The lowest BCUT2D eigenvalue weighted by Gasteiger charge is -2.10. The molecule has 0 radical (unpaired) electrons. The van der Waals surface area contributed by atoms with Crippen LogP contribution in [0.3, 0.4) is 0 Å². The molecule has 0 aliphatic rings. The molecule has 0 bridgehead atoms. The van der Waals surface area contributed by atoms with Crippen LogP contribution in [0.25, 0.3) is 0 Å². The topological polar surface area (TPSA) is 55.4 Å². The molecule has 92 valence electrons. The van der Waals surface area contributed by atoms with E-state index in [0.717, 1.165) is 4.47 Å². The summed E-state index contributed by atoms with van der Waals surface area (Å²) in [5, 5.41) is 2.34. The smallest absolute Gasteiger partial charge is 0.344 e. The summed E-state index contributed by atoms with van der Waals surface area (Å²) in [5.41, 5.74) is -0.768. The van der Waals surface area contributed by atoms with Gasteiger partial charge in [0.1, 0.15) is 0 Å². The van der Waals surface area contributed by atoms with E-state index in [2.05, 4.69) is 26.0 Å². The van der Waals surface area contributed by atoms with Crippen LogP contribution in [0.4, 0.5) is 0 Å². The van der Waals surface area contributed by atoms with E-state index in [-0.39, 0.29) is 6.61 Å². The maximum atomic E-state index is 11.7. The summed E-state index contributed by atoms with van der Waals surface area (Å²) in [4.78, 5) is 22.9. The minimum absolute atomic E-state index is 0.217. The van der Waals surface area contributed by atoms with Gasteiger partial charge in [-0.05, 0) is 25.1 Å². The highest BCUT2D eigenvalue weighted by molar-refractivity contribution is 9.10. The van der Waals surface area contributed by atoms with Crippen molar-refractivity contribution >= 4 is 39.4 Å². The zero-order valence-corrected chi connectivity index (χ0v) is 11.4. The first kappa shape index (κ1) is 14.0. The normalized spacial score (nSPS) is 11.7. The molecule has 1 atom stereocenters. The maximum absolute atomic E-state index is 11.7. The number of rotatable bonds is 4. The molecule has 0 heterocycles. The van der Waals surface area contributed by atoms with Crippen LogP contribution in [0, 0.1) is 0 Å². The SMILES string of the molecule is CCOC(=O)C(Cl)NC(=O)c1cccc(Br)c1. The van der Waals surface area contributed by atoms with Crippen molar-refractivity contribution in [3.05, 3.63) is 34.3 Å². The number of hydrogen-bond donors (Lipinski definition) is 1. The summed E-state index contributed by atoms with van der Waals surface area (Å²) < 4.78 is 5.44. The summed E-state index contributed by atoms with van der Waals surface area (Å²) in [6.07, 6.45) is 0. The number of esters is 1. The highest BCUT2D eigenvalue weighted by Crippen LogP contribution is 2.11. The second-order valence-electron chi connectivity index (χ2n) is 3.10. The average molecular weight is 321 g/mol. The van der Waals surface area contributed by atoms with Gasteiger partial charge in [-0.15, -0.1) is 0 Å². The Morgan fingerprint density at radius 3 is 2.82 bits per heavy atom. The average Bonchev–Trinajstić information content (AvgIpc) is 2.29. The lowest BCUT2D eigenvalue weighted by Crippen LogP contribution is -2.37. The molecule has 1 N–H and O–H groups in total. The predicted octanol–water partition coefficient (Wildman–Crippen LogP) is 2.31.